The maximum atomic E-state index is 12.0. The van der Waals surface area contributed by atoms with Crippen LogP contribution in [0.4, 0.5) is 0 Å². The molecule has 0 bridgehead atoms. The molecular formula is C14H23N7O. The third kappa shape index (κ3) is 4.64. The lowest BCUT2D eigenvalue weighted by atomic mass is 10.1. The average Bonchev–Trinajstić information content (AvgIpc) is 3.08. The van der Waals surface area contributed by atoms with E-state index in [1.165, 1.54) is 0 Å². The maximum absolute atomic E-state index is 12.0. The highest BCUT2D eigenvalue weighted by molar-refractivity contribution is 5.76. The summed E-state index contributed by atoms with van der Waals surface area (Å²) in [6.07, 6.45) is 2.68. The minimum absolute atomic E-state index is 0.0405. The molecule has 1 atom stereocenters. The van der Waals surface area contributed by atoms with E-state index in [1.807, 2.05) is 31.5 Å². The predicted octanol–water partition coefficient (Wildman–Crippen LogP) is 0.931. The van der Waals surface area contributed by atoms with Gasteiger partial charge in [-0.25, -0.2) is 0 Å². The molecule has 1 amide bonds. The molecule has 0 saturated heterocycles. The normalized spacial score (nSPS) is 12.3. The standard InChI is InChI=1S/C14H23N7O/c1-4-12(9-13-16-19-20-17-13)15-14(22)6-5-7-21-11(3)8-10(2)18-21/h8,12H,4-7,9H2,1-3H3,(H,15,22)(H,16,17,19,20). The van der Waals surface area contributed by atoms with E-state index in [0.29, 0.717) is 18.7 Å². The Morgan fingerprint density at radius 1 is 1.45 bits per heavy atom. The van der Waals surface area contributed by atoms with Gasteiger partial charge in [0.25, 0.3) is 0 Å². The number of amides is 1. The first kappa shape index (κ1) is 16.1. The number of carbonyl (C=O) groups is 1. The van der Waals surface area contributed by atoms with Crippen LogP contribution in [0.3, 0.4) is 0 Å². The van der Waals surface area contributed by atoms with E-state index in [1.54, 1.807) is 0 Å². The number of tetrazole rings is 1. The van der Waals surface area contributed by atoms with Crippen molar-refractivity contribution in [2.45, 2.75) is 59.0 Å². The number of nitrogens with one attached hydrogen (secondary N) is 2. The number of hydrogen-bond acceptors (Lipinski definition) is 5. The third-order valence-electron chi connectivity index (χ3n) is 3.55. The SMILES string of the molecule is CCC(Cc1nn[nH]n1)NC(=O)CCCn1nc(C)cc1C. The van der Waals surface area contributed by atoms with E-state index in [2.05, 4.69) is 31.0 Å². The summed E-state index contributed by atoms with van der Waals surface area (Å²) in [4.78, 5) is 12.0. The van der Waals surface area contributed by atoms with Crippen molar-refractivity contribution in [3.8, 4) is 0 Å². The molecule has 22 heavy (non-hydrogen) atoms. The van der Waals surface area contributed by atoms with Gasteiger partial charge in [-0.05, 0) is 32.8 Å². The molecule has 2 aromatic heterocycles. The Morgan fingerprint density at radius 2 is 2.27 bits per heavy atom. The Hall–Kier alpha value is -2.25. The number of rotatable bonds is 8. The smallest absolute Gasteiger partial charge is 0.220 e. The van der Waals surface area contributed by atoms with Gasteiger partial charge < -0.3 is 5.32 Å². The van der Waals surface area contributed by atoms with Crippen LogP contribution in [0.25, 0.3) is 0 Å². The summed E-state index contributed by atoms with van der Waals surface area (Å²) < 4.78 is 1.94. The van der Waals surface area contributed by atoms with E-state index >= 15 is 0 Å². The Balaban J connectivity index is 1.73. The molecule has 0 spiro atoms. The van der Waals surface area contributed by atoms with Gasteiger partial charge in [-0.1, -0.05) is 12.1 Å². The first-order valence-corrected chi connectivity index (χ1v) is 7.61. The average molecular weight is 305 g/mol. The summed E-state index contributed by atoms with van der Waals surface area (Å²) in [5.74, 6) is 0.673. The van der Waals surface area contributed by atoms with Crippen molar-refractivity contribution in [2.75, 3.05) is 0 Å². The van der Waals surface area contributed by atoms with Gasteiger partial charge in [0.15, 0.2) is 5.82 Å². The molecule has 8 nitrogen and oxygen atoms in total. The quantitative estimate of drug-likeness (QED) is 0.755. The highest BCUT2D eigenvalue weighted by Gasteiger charge is 2.13. The molecule has 0 aromatic carbocycles. The van der Waals surface area contributed by atoms with Crippen LogP contribution in [-0.2, 0) is 17.8 Å². The lowest BCUT2D eigenvalue weighted by Crippen LogP contribution is -2.36. The molecule has 8 heteroatoms. The fourth-order valence-electron chi connectivity index (χ4n) is 2.38. The van der Waals surface area contributed by atoms with E-state index < -0.39 is 0 Å². The van der Waals surface area contributed by atoms with E-state index in [-0.39, 0.29) is 11.9 Å². The van der Waals surface area contributed by atoms with Crippen LogP contribution in [0.15, 0.2) is 6.07 Å². The van der Waals surface area contributed by atoms with Crippen molar-refractivity contribution < 1.29 is 4.79 Å². The fourth-order valence-corrected chi connectivity index (χ4v) is 2.38. The lowest BCUT2D eigenvalue weighted by molar-refractivity contribution is -0.122. The van der Waals surface area contributed by atoms with Gasteiger partial charge in [0.2, 0.25) is 5.91 Å². The Morgan fingerprint density at radius 3 is 2.86 bits per heavy atom. The van der Waals surface area contributed by atoms with Gasteiger partial charge in [-0.3, -0.25) is 9.48 Å². The minimum atomic E-state index is 0.0405. The first-order valence-electron chi connectivity index (χ1n) is 7.61. The number of H-pyrrole nitrogens is 1. The number of carbonyl (C=O) groups excluding carboxylic acids is 1. The molecule has 0 radical (unpaired) electrons. The van der Waals surface area contributed by atoms with E-state index in [4.69, 9.17) is 0 Å². The molecule has 0 aliphatic heterocycles. The molecular weight excluding hydrogens is 282 g/mol. The van der Waals surface area contributed by atoms with Crippen molar-refractivity contribution in [1.82, 2.24) is 35.7 Å². The number of aromatic amines is 1. The highest BCUT2D eigenvalue weighted by Crippen LogP contribution is 2.05. The molecule has 2 aromatic rings. The van der Waals surface area contributed by atoms with Crippen LogP contribution in [-0.4, -0.2) is 42.4 Å². The summed E-state index contributed by atoms with van der Waals surface area (Å²) >= 11 is 0. The van der Waals surface area contributed by atoms with Crippen molar-refractivity contribution in [2.24, 2.45) is 0 Å². The van der Waals surface area contributed by atoms with E-state index in [9.17, 15) is 4.79 Å². The zero-order valence-electron chi connectivity index (χ0n) is 13.3. The first-order chi connectivity index (χ1) is 10.6. The third-order valence-corrected chi connectivity index (χ3v) is 3.55. The Bertz CT molecular complexity index is 590. The molecule has 1 unspecified atom stereocenters. The monoisotopic (exact) mass is 305 g/mol. The summed E-state index contributed by atoms with van der Waals surface area (Å²) in [7, 11) is 0. The van der Waals surface area contributed by atoms with Crippen molar-refractivity contribution in [1.29, 1.82) is 0 Å². The molecule has 2 N–H and O–H groups in total. The zero-order chi connectivity index (χ0) is 15.9. The number of aryl methyl sites for hydroxylation is 3. The minimum Gasteiger partial charge on any atom is -0.353 e. The van der Waals surface area contributed by atoms with Crippen LogP contribution < -0.4 is 5.32 Å². The molecule has 2 heterocycles. The van der Waals surface area contributed by atoms with Crippen LogP contribution >= 0.6 is 0 Å². The summed E-state index contributed by atoms with van der Waals surface area (Å²) in [6, 6.07) is 2.08. The van der Waals surface area contributed by atoms with Gasteiger partial charge in [0.05, 0.1) is 5.69 Å². The second kappa shape index (κ2) is 7.67. The van der Waals surface area contributed by atoms with Crippen LogP contribution in [0.2, 0.25) is 0 Å². The number of aromatic nitrogens is 6. The summed E-state index contributed by atoms with van der Waals surface area (Å²) in [5, 5.41) is 21.2. The molecule has 0 saturated carbocycles. The van der Waals surface area contributed by atoms with Gasteiger partial charge in [0, 0.05) is 31.1 Å². The van der Waals surface area contributed by atoms with Crippen molar-refractivity contribution in [3.05, 3.63) is 23.3 Å². The lowest BCUT2D eigenvalue weighted by Gasteiger charge is -2.15. The molecule has 0 aliphatic carbocycles. The van der Waals surface area contributed by atoms with E-state index in [0.717, 1.165) is 30.8 Å². The molecule has 120 valence electrons. The predicted molar refractivity (Wildman–Crippen MR) is 81.0 cm³/mol. The second-order valence-electron chi connectivity index (χ2n) is 5.46. The Kier molecular flexibility index (Phi) is 5.62. The number of nitrogens with zero attached hydrogens (tertiary/aromatic N) is 5. The molecule has 2 rings (SSSR count). The summed E-state index contributed by atoms with van der Waals surface area (Å²) in [5.41, 5.74) is 2.13. The van der Waals surface area contributed by atoms with Crippen LogP contribution in [0.1, 0.15) is 43.4 Å². The maximum Gasteiger partial charge on any atom is 0.220 e. The van der Waals surface area contributed by atoms with Gasteiger partial charge in [-0.15, -0.1) is 10.2 Å². The largest absolute Gasteiger partial charge is 0.353 e. The van der Waals surface area contributed by atoms with Gasteiger partial charge in [-0.2, -0.15) is 10.3 Å². The summed E-state index contributed by atoms with van der Waals surface area (Å²) in [6.45, 7) is 6.79. The van der Waals surface area contributed by atoms with Gasteiger partial charge >= 0.3 is 0 Å². The highest BCUT2D eigenvalue weighted by atomic mass is 16.1. The second-order valence-corrected chi connectivity index (χ2v) is 5.46. The zero-order valence-corrected chi connectivity index (χ0v) is 13.3. The van der Waals surface area contributed by atoms with Crippen molar-refractivity contribution in [3.63, 3.8) is 0 Å². The Labute approximate surface area is 129 Å². The number of hydrogen-bond donors (Lipinski definition) is 2. The molecule has 0 fully saturated rings. The van der Waals surface area contributed by atoms with Crippen LogP contribution in [0, 0.1) is 13.8 Å². The fraction of sp³-hybridized carbons (Fsp3) is 0.643. The molecule has 0 aliphatic rings. The van der Waals surface area contributed by atoms with Gasteiger partial charge in [0.1, 0.15) is 0 Å². The van der Waals surface area contributed by atoms with Crippen LogP contribution in [0.5, 0.6) is 0 Å². The topological polar surface area (TPSA) is 101 Å². The van der Waals surface area contributed by atoms with Crippen molar-refractivity contribution >= 4 is 5.91 Å².